The molecule has 0 bridgehead atoms. The fourth-order valence-corrected chi connectivity index (χ4v) is 4.07. The Hall–Kier alpha value is -3.20. The minimum atomic E-state index is -0.594. The van der Waals surface area contributed by atoms with E-state index in [1.165, 1.54) is 0 Å². The zero-order valence-electron chi connectivity index (χ0n) is 19.9. The molecular weight excluding hydrogens is 458 g/mol. The summed E-state index contributed by atoms with van der Waals surface area (Å²) in [4.78, 5) is 51.0. The standard InChI is InChI=1S/C24H30ClN5O4/c1-5-7-19-20(23(32)34-6-2)21(27-16(4)26-19)22(31)29-12-13-30(15(3)14-29)24(33)28-18-10-8-17(25)9-11-18/h8-11,15H,5-7,12-14H2,1-4H3,(H,28,33). The second kappa shape index (κ2) is 11.3. The van der Waals surface area contributed by atoms with Gasteiger partial charge in [0.1, 0.15) is 17.1 Å². The number of amides is 3. The molecule has 1 atom stereocenters. The zero-order valence-corrected chi connectivity index (χ0v) is 20.7. The fourth-order valence-electron chi connectivity index (χ4n) is 3.94. The van der Waals surface area contributed by atoms with Crippen molar-refractivity contribution in [3.05, 3.63) is 52.1 Å². The normalized spacial score (nSPS) is 15.7. The van der Waals surface area contributed by atoms with Crippen molar-refractivity contribution in [2.75, 3.05) is 31.6 Å². The zero-order chi connectivity index (χ0) is 24.8. The van der Waals surface area contributed by atoms with E-state index in [-0.39, 0.29) is 35.8 Å². The average Bonchev–Trinajstić information content (AvgIpc) is 2.79. The summed E-state index contributed by atoms with van der Waals surface area (Å²) >= 11 is 5.90. The Morgan fingerprint density at radius 3 is 2.47 bits per heavy atom. The predicted molar refractivity (Wildman–Crippen MR) is 129 cm³/mol. The van der Waals surface area contributed by atoms with Crippen LogP contribution in [0.2, 0.25) is 5.02 Å². The van der Waals surface area contributed by atoms with Crippen LogP contribution in [0, 0.1) is 6.92 Å². The van der Waals surface area contributed by atoms with Crippen molar-refractivity contribution in [1.82, 2.24) is 19.8 Å². The molecule has 9 nitrogen and oxygen atoms in total. The first-order valence-electron chi connectivity index (χ1n) is 11.4. The van der Waals surface area contributed by atoms with Gasteiger partial charge in [-0.15, -0.1) is 0 Å². The second-order valence-corrected chi connectivity index (χ2v) is 8.58. The van der Waals surface area contributed by atoms with Gasteiger partial charge in [-0.05, 0) is 51.5 Å². The molecule has 1 fully saturated rings. The van der Waals surface area contributed by atoms with Gasteiger partial charge >= 0.3 is 12.0 Å². The van der Waals surface area contributed by atoms with Crippen LogP contribution in [0.4, 0.5) is 10.5 Å². The van der Waals surface area contributed by atoms with Gasteiger partial charge in [0, 0.05) is 36.4 Å². The molecule has 182 valence electrons. The first kappa shape index (κ1) is 25.4. The molecule has 1 unspecified atom stereocenters. The van der Waals surface area contributed by atoms with E-state index in [0.29, 0.717) is 48.3 Å². The fraction of sp³-hybridized carbons (Fsp3) is 0.458. The number of rotatable bonds is 6. The van der Waals surface area contributed by atoms with E-state index in [4.69, 9.17) is 16.3 Å². The van der Waals surface area contributed by atoms with Gasteiger partial charge in [-0.3, -0.25) is 4.79 Å². The number of hydrogen-bond acceptors (Lipinski definition) is 6. The molecule has 3 amide bonds. The summed E-state index contributed by atoms with van der Waals surface area (Å²) in [5.74, 6) is -0.535. The molecule has 2 heterocycles. The maximum atomic E-state index is 13.5. The Labute approximate surface area is 204 Å². The van der Waals surface area contributed by atoms with Gasteiger partial charge < -0.3 is 19.9 Å². The molecule has 1 aliphatic rings. The van der Waals surface area contributed by atoms with E-state index in [1.54, 1.807) is 47.9 Å². The van der Waals surface area contributed by atoms with Gasteiger partial charge in [0.2, 0.25) is 0 Å². The molecule has 1 N–H and O–H groups in total. The minimum absolute atomic E-state index is 0.0562. The highest BCUT2D eigenvalue weighted by Gasteiger charge is 2.34. The molecule has 0 spiro atoms. The SMILES string of the molecule is CCCc1nc(C)nc(C(=O)N2CCN(C(=O)Nc3ccc(Cl)cc3)C(C)C2)c1C(=O)OCC. The molecule has 1 aliphatic heterocycles. The van der Waals surface area contributed by atoms with E-state index >= 15 is 0 Å². The molecule has 34 heavy (non-hydrogen) atoms. The Bertz CT molecular complexity index is 1060. The van der Waals surface area contributed by atoms with Crippen molar-refractivity contribution in [1.29, 1.82) is 0 Å². The van der Waals surface area contributed by atoms with Crippen molar-refractivity contribution in [2.24, 2.45) is 0 Å². The average molecular weight is 488 g/mol. The van der Waals surface area contributed by atoms with E-state index < -0.39 is 5.97 Å². The number of aromatic nitrogens is 2. The summed E-state index contributed by atoms with van der Waals surface area (Å²) in [7, 11) is 0. The van der Waals surface area contributed by atoms with E-state index in [2.05, 4.69) is 15.3 Å². The Kier molecular flexibility index (Phi) is 8.44. The lowest BCUT2D eigenvalue weighted by Gasteiger charge is -2.39. The lowest BCUT2D eigenvalue weighted by molar-refractivity contribution is 0.0502. The number of ether oxygens (including phenoxy) is 1. The summed E-state index contributed by atoms with van der Waals surface area (Å²) in [5, 5.41) is 3.44. The monoisotopic (exact) mass is 487 g/mol. The Morgan fingerprint density at radius 1 is 1.15 bits per heavy atom. The smallest absolute Gasteiger partial charge is 0.342 e. The third-order valence-electron chi connectivity index (χ3n) is 5.54. The third-order valence-corrected chi connectivity index (χ3v) is 5.79. The minimum Gasteiger partial charge on any atom is -0.462 e. The number of nitrogens with one attached hydrogen (secondary N) is 1. The number of urea groups is 1. The third kappa shape index (κ3) is 5.83. The molecule has 10 heteroatoms. The lowest BCUT2D eigenvalue weighted by atomic mass is 10.1. The molecule has 2 aromatic rings. The molecule has 0 radical (unpaired) electrons. The number of halogens is 1. The van der Waals surface area contributed by atoms with Crippen LogP contribution in [0.25, 0.3) is 0 Å². The Morgan fingerprint density at radius 2 is 1.85 bits per heavy atom. The van der Waals surface area contributed by atoms with Gasteiger partial charge in [-0.25, -0.2) is 19.6 Å². The van der Waals surface area contributed by atoms with E-state index in [0.717, 1.165) is 6.42 Å². The highest BCUT2D eigenvalue weighted by molar-refractivity contribution is 6.30. The molecule has 1 saturated heterocycles. The molecule has 0 aliphatic carbocycles. The largest absolute Gasteiger partial charge is 0.462 e. The van der Waals surface area contributed by atoms with Crippen LogP contribution in [-0.4, -0.2) is 70.0 Å². The van der Waals surface area contributed by atoms with Crippen LogP contribution in [0.1, 0.15) is 59.6 Å². The number of anilines is 1. The number of carbonyl (C=O) groups excluding carboxylic acids is 3. The van der Waals surface area contributed by atoms with E-state index in [9.17, 15) is 14.4 Å². The maximum absolute atomic E-state index is 13.5. The van der Waals surface area contributed by atoms with Gasteiger partial charge in [0.15, 0.2) is 0 Å². The van der Waals surface area contributed by atoms with Gasteiger partial charge in [0.05, 0.1) is 12.3 Å². The van der Waals surface area contributed by atoms with Crippen molar-refractivity contribution < 1.29 is 19.1 Å². The van der Waals surface area contributed by atoms with Crippen LogP contribution < -0.4 is 5.32 Å². The quantitative estimate of drug-likeness (QED) is 0.618. The molecule has 3 rings (SSSR count). The summed E-state index contributed by atoms with van der Waals surface area (Å²) in [5.41, 5.74) is 1.35. The second-order valence-electron chi connectivity index (χ2n) is 8.14. The van der Waals surface area contributed by atoms with Gasteiger partial charge in [0.25, 0.3) is 5.91 Å². The summed E-state index contributed by atoms with van der Waals surface area (Å²) in [6.45, 7) is 8.41. The van der Waals surface area contributed by atoms with Crippen molar-refractivity contribution in [2.45, 2.75) is 46.6 Å². The van der Waals surface area contributed by atoms with Crippen molar-refractivity contribution in [3.8, 4) is 0 Å². The number of carbonyl (C=O) groups is 3. The summed E-state index contributed by atoms with van der Waals surface area (Å²) in [6.07, 6.45) is 1.29. The molecular formula is C24H30ClN5O4. The van der Waals surface area contributed by atoms with E-state index in [1.807, 2.05) is 13.8 Å². The van der Waals surface area contributed by atoms with Crippen LogP contribution in [0.5, 0.6) is 0 Å². The lowest BCUT2D eigenvalue weighted by Crippen LogP contribution is -2.56. The first-order valence-corrected chi connectivity index (χ1v) is 11.8. The summed E-state index contributed by atoms with van der Waals surface area (Å²) in [6, 6.07) is 6.37. The highest BCUT2D eigenvalue weighted by Crippen LogP contribution is 2.21. The van der Waals surface area contributed by atoms with Gasteiger partial charge in [-0.1, -0.05) is 24.9 Å². The first-order chi connectivity index (χ1) is 16.2. The molecule has 1 aromatic carbocycles. The predicted octanol–water partition coefficient (Wildman–Crippen LogP) is 3.95. The molecule has 0 saturated carbocycles. The molecule has 1 aromatic heterocycles. The van der Waals surface area contributed by atoms with Crippen molar-refractivity contribution >= 4 is 35.2 Å². The van der Waals surface area contributed by atoms with Crippen LogP contribution in [0.15, 0.2) is 24.3 Å². The van der Waals surface area contributed by atoms with Crippen LogP contribution >= 0.6 is 11.6 Å². The number of aryl methyl sites for hydroxylation is 2. The topological polar surface area (TPSA) is 105 Å². The highest BCUT2D eigenvalue weighted by atomic mass is 35.5. The number of benzene rings is 1. The summed E-state index contributed by atoms with van der Waals surface area (Å²) < 4.78 is 5.21. The number of hydrogen-bond donors (Lipinski definition) is 1. The maximum Gasteiger partial charge on any atom is 0.342 e. The van der Waals surface area contributed by atoms with Crippen LogP contribution in [0.3, 0.4) is 0 Å². The number of nitrogens with zero attached hydrogens (tertiary/aromatic N) is 4. The van der Waals surface area contributed by atoms with Crippen molar-refractivity contribution in [3.63, 3.8) is 0 Å². The van der Waals surface area contributed by atoms with Gasteiger partial charge in [-0.2, -0.15) is 0 Å². The van der Waals surface area contributed by atoms with Crippen LogP contribution in [-0.2, 0) is 11.2 Å². The number of piperazine rings is 1. The Balaban J connectivity index is 1.78. The number of esters is 1.